The first-order chi connectivity index (χ1) is 11.5. The topological polar surface area (TPSA) is 76.1 Å². The van der Waals surface area contributed by atoms with E-state index in [9.17, 15) is 19.1 Å². The number of ether oxygens (including phenoxy) is 2. The molecule has 1 aromatic carbocycles. The van der Waals surface area contributed by atoms with Gasteiger partial charge in [-0.25, -0.2) is 9.18 Å². The van der Waals surface area contributed by atoms with Crippen molar-refractivity contribution in [3.05, 3.63) is 35.1 Å². The number of aliphatic carboxylic acids is 1. The highest BCUT2D eigenvalue weighted by atomic mass is 19.1. The van der Waals surface area contributed by atoms with Gasteiger partial charge in [0.25, 0.3) is 5.91 Å². The highest BCUT2D eigenvalue weighted by Gasteiger charge is 2.32. The number of benzene rings is 1. The van der Waals surface area contributed by atoms with E-state index in [1.54, 1.807) is 7.11 Å². The number of hydrogen-bond acceptors (Lipinski definition) is 4. The van der Waals surface area contributed by atoms with Gasteiger partial charge in [0.2, 0.25) is 0 Å². The number of piperidine rings is 1. The van der Waals surface area contributed by atoms with Crippen molar-refractivity contribution < 1.29 is 28.6 Å². The Morgan fingerprint density at radius 3 is 2.83 bits per heavy atom. The number of likely N-dealkylation sites (tertiary alicyclic amines) is 1. The van der Waals surface area contributed by atoms with E-state index in [1.165, 1.54) is 23.1 Å². The van der Waals surface area contributed by atoms with Gasteiger partial charge in [-0.05, 0) is 37.5 Å². The van der Waals surface area contributed by atoms with Crippen LogP contribution in [-0.2, 0) is 20.9 Å². The quantitative estimate of drug-likeness (QED) is 0.770. The maximum Gasteiger partial charge on any atom is 0.326 e. The van der Waals surface area contributed by atoms with Gasteiger partial charge in [0.05, 0.1) is 19.8 Å². The van der Waals surface area contributed by atoms with E-state index in [2.05, 4.69) is 0 Å². The zero-order chi connectivity index (χ0) is 17.5. The number of halogens is 1. The summed E-state index contributed by atoms with van der Waals surface area (Å²) in [5, 5.41) is 9.28. The number of nitrogens with zero attached hydrogens (tertiary/aromatic N) is 1. The summed E-state index contributed by atoms with van der Waals surface area (Å²) < 4.78 is 24.0. The maximum absolute atomic E-state index is 13.9. The Morgan fingerprint density at radius 2 is 2.12 bits per heavy atom. The highest BCUT2D eigenvalue weighted by Crippen LogP contribution is 2.21. The van der Waals surface area contributed by atoms with Crippen molar-refractivity contribution in [2.75, 3.05) is 26.9 Å². The first-order valence-corrected chi connectivity index (χ1v) is 7.93. The SMILES string of the molecule is COCCOCc1cc(C(=O)N2CCCCC2C(=O)O)ccc1F. The molecule has 1 aliphatic heterocycles. The van der Waals surface area contributed by atoms with Crippen LogP contribution in [0.1, 0.15) is 35.2 Å². The summed E-state index contributed by atoms with van der Waals surface area (Å²) in [6.45, 7) is 1.14. The Morgan fingerprint density at radius 1 is 1.33 bits per heavy atom. The van der Waals surface area contributed by atoms with Crippen LogP contribution in [0.15, 0.2) is 18.2 Å². The fourth-order valence-corrected chi connectivity index (χ4v) is 2.74. The lowest BCUT2D eigenvalue weighted by Crippen LogP contribution is -2.48. The first-order valence-electron chi connectivity index (χ1n) is 7.93. The standard InChI is InChI=1S/C17H22FNO5/c1-23-8-9-24-11-13-10-12(5-6-14(13)18)16(20)19-7-3-2-4-15(19)17(21)22/h5-6,10,15H,2-4,7-9,11H2,1H3,(H,21,22). The third-order valence-corrected chi connectivity index (χ3v) is 4.03. The summed E-state index contributed by atoms with van der Waals surface area (Å²) in [6.07, 6.45) is 1.99. The van der Waals surface area contributed by atoms with E-state index in [0.29, 0.717) is 26.2 Å². The fourth-order valence-electron chi connectivity index (χ4n) is 2.74. The maximum atomic E-state index is 13.9. The normalized spacial score (nSPS) is 17.8. The average molecular weight is 339 g/mol. The van der Waals surface area contributed by atoms with Gasteiger partial charge < -0.3 is 19.5 Å². The predicted octanol–water partition coefficient (Wildman–Crippen LogP) is 2.07. The minimum absolute atomic E-state index is 0.0265. The predicted molar refractivity (Wildman–Crippen MR) is 84.2 cm³/mol. The highest BCUT2D eigenvalue weighted by molar-refractivity contribution is 5.96. The van der Waals surface area contributed by atoms with E-state index in [1.807, 2.05) is 0 Å². The van der Waals surface area contributed by atoms with Crippen LogP contribution in [0.4, 0.5) is 4.39 Å². The molecular weight excluding hydrogens is 317 g/mol. The van der Waals surface area contributed by atoms with Crippen LogP contribution in [0.25, 0.3) is 0 Å². The Hall–Kier alpha value is -1.99. The van der Waals surface area contributed by atoms with Crippen LogP contribution >= 0.6 is 0 Å². The van der Waals surface area contributed by atoms with Crippen LogP contribution in [-0.4, -0.2) is 54.8 Å². The summed E-state index contributed by atoms with van der Waals surface area (Å²) >= 11 is 0. The zero-order valence-electron chi connectivity index (χ0n) is 13.7. The van der Waals surface area contributed by atoms with Crippen molar-refractivity contribution in [1.82, 2.24) is 4.90 Å². The van der Waals surface area contributed by atoms with Crippen LogP contribution < -0.4 is 0 Å². The van der Waals surface area contributed by atoms with E-state index >= 15 is 0 Å². The zero-order valence-corrected chi connectivity index (χ0v) is 13.7. The van der Waals surface area contributed by atoms with E-state index < -0.39 is 17.8 Å². The molecule has 1 aliphatic rings. The summed E-state index contributed by atoms with van der Waals surface area (Å²) in [7, 11) is 1.54. The molecule has 0 aliphatic carbocycles. The fraction of sp³-hybridized carbons (Fsp3) is 0.529. The molecule has 0 spiro atoms. The largest absolute Gasteiger partial charge is 0.480 e. The minimum atomic E-state index is -1.01. The molecule has 1 heterocycles. The Labute approximate surface area is 140 Å². The number of carboxylic acid groups (broad SMARTS) is 1. The summed E-state index contributed by atoms with van der Waals surface area (Å²) in [5.41, 5.74) is 0.538. The lowest BCUT2D eigenvalue weighted by atomic mass is 10.0. The molecule has 1 N–H and O–H groups in total. The second-order valence-electron chi connectivity index (χ2n) is 5.70. The number of carbonyl (C=O) groups excluding carboxylic acids is 1. The Bertz CT molecular complexity index is 592. The molecule has 1 unspecified atom stereocenters. The van der Waals surface area contributed by atoms with Gasteiger partial charge in [-0.1, -0.05) is 0 Å². The lowest BCUT2D eigenvalue weighted by molar-refractivity contribution is -0.143. The van der Waals surface area contributed by atoms with E-state index in [4.69, 9.17) is 9.47 Å². The van der Waals surface area contributed by atoms with Gasteiger partial charge in [0, 0.05) is 24.8 Å². The molecule has 0 bridgehead atoms. The van der Waals surface area contributed by atoms with Gasteiger partial charge in [0.15, 0.2) is 0 Å². The average Bonchev–Trinajstić information content (AvgIpc) is 2.59. The second kappa shape index (κ2) is 8.75. The van der Waals surface area contributed by atoms with Crippen molar-refractivity contribution in [2.24, 2.45) is 0 Å². The molecule has 2 rings (SSSR count). The van der Waals surface area contributed by atoms with Crippen molar-refractivity contribution >= 4 is 11.9 Å². The molecule has 1 aromatic rings. The molecular formula is C17H22FNO5. The monoisotopic (exact) mass is 339 g/mol. The van der Waals surface area contributed by atoms with Crippen LogP contribution in [0.3, 0.4) is 0 Å². The molecule has 24 heavy (non-hydrogen) atoms. The van der Waals surface area contributed by atoms with Gasteiger partial charge in [-0.15, -0.1) is 0 Å². The second-order valence-corrected chi connectivity index (χ2v) is 5.70. The molecule has 1 amide bonds. The van der Waals surface area contributed by atoms with E-state index in [0.717, 1.165) is 12.8 Å². The van der Waals surface area contributed by atoms with Crippen molar-refractivity contribution in [1.29, 1.82) is 0 Å². The van der Waals surface area contributed by atoms with Crippen molar-refractivity contribution in [2.45, 2.75) is 31.9 Å². The van der Waals surface area contributed by atoms with Gasteiger partial charge in [0.1, 0.15) is 11.9 Å². The summed E-state index contributed by atoms with van der Waals surface area (Å²) in [4.78, 5) is 25.3. The molecule has 0 radical (unpaired) electrons. The summed E-state index contributed by atoms with van der Waals surface area (Å²) in [6, 6.07) is 3.20. The molecule has 1 fully saturated rings. The number of methoxy groups -OCH3 is 1. The number of carboxylic acids is 1. The number of rotatable bonds is 7. The van der Waals surface area contributed by atoms with Gasteiger partial charge in [-0.2, -0.15) is 0 Å². The van der Waals surface area contributed by atoms with Gasteiger partial charge >= 0.3 is 5.97 Å². The molecule has 0 aromatic heterocycles. The third kappa shape index (κ3) is 4.52. The van der Waals surface area contributed by atoms with Crippen LogP contribution in [0.2, 0.25) is 0 Å². The molecule has 0 saturated carbocycles. The number of carbonyl (C=O) groups is 2. The minimum Gasteiger partial charge on any atom is -0.480 e. The van der Waals surface area contributed by atoms with Gasteiger partial charge in [-0.3, -0.25) is 4.79 Å². The van der Waals surface area contributed by atoms with Crippen LogP contribution in [0, 0.1) is 5.82 Å². The molecule has 1 saturated heterocycles. The summed E-state index contributed by atoms with van der Waals surface area (Å²) in [5.74, 6) is -1.86. The van der Waals surface area contributed by atoms with Crippen molar-refractivity contribution in [3.63, 3.8) is 0 Å². The Kier molecular flexibility index (Phi) is 6.69. The third-order valence-electron chi connectivity index (χ3n) is 4.03. The smallest absolute Gasteiger partial charge is 0.326 e. The van der Waals surface area contributed by atoms with Crippen molar-refractivity contribution in [3.8, 4) is 0 Å². The number of hydrogen-bond donors (Lipinski definition) is 1. The molecule has 1 atom stereocenters. The number of amides is 1. The van der Waals surface area contributed by atoms with E-state index in [-0.39, 0.29) is 23.6 Å². The van der Waals surface area contributed by atoms with Crippen LogP contribution in [0.5, 0.6) is 0 Å². The molecule has 132 valence electrons. The first kappa shape index (κ1) is 18.4. The molecule has 7 heteroatoms. The molecule has 6 nitrogen and oxygen atoms in total. The lowest BCUT2D eigenvalue weighted by Gasteiger charge is -2.33. The Balaban J connectivity index is 2.12.